The van der Waals surface area contributed by atoms with E-state index in [0.29, 0.717) is 28.8 Å². The molecular weight excluding hydrogens is 499 g/mol. The molecule has 3 aromatic rings. The minimum Gasteiger partial charge on any atom is -0.367 e. The van der Waals surface area contributed by atoms with Gasteiger partial charge in [0.15, 0.2) is 5.65 Å². The van der Waals surface area contributed by atoms with Gasteiger partial charge in [-0.3, -0.25) is 9.59 Å². The second-order valence-electron chi connectivity index (χ2n) is 10.5. The third-order valence-corrected chi connectivity index (χ3v) is 7.33. The van der Waals surface area contributed by atoms with Gasteiger partial charge in [0, 0.05) is 35.0 Å². The molecule has 10 nitrogen and oxygen atoms in total. The maximum Gasteiger partial charge on any atom is 0.251 e. The van der Waals surface area contributed by atoms with Crippen LogP contribution in [0.2, 0.25) is 0 Å². The van der Waals surface area contributed by atoms with Crippen molar-refractivity contribution in [3.05, 3.63) is 65.3 Å². The third-order valence-electron chi connectivity index (χ3n) is 7.33. The number of aromatic nitrogens is 3. The predicted molar refractivity (Wildman–Crippen MR) is 147 cm³/mol. The fourth-order valence-corrected chi connectivity index (χ4v) is 4.90. The Morgan fingerprint density at radius 2 is 1.97 bits per heavy atom. The molecule has 2 amide bonds. The van der Waals surface area contributed by atoms with Gasteiger partial charge in [-0.05, 0) is 75.7 Å². The number of carbonyl (C=O) groups excluding carboxylic acids is 2. The number of allylic oxidation sites excluding steroid dienone is 1. The first-order valence-corrected chi connectivity index (χ1v) is 13.2. The smallest absolute Gasteiger partial charge is 0.251 e. The molecule has 3 aliphatic rings. The van der Waals surface area contributed by atoms with Crippen LogP contribution in [0.5, 0.6) is 0 Å². The van der Waals surface area contributed by atoms with Gasteiger partial charge in [-0.2, -0.15) is 9.61 Å². The van der Waals surface area contributed by atoms with Crippen LogP contribution in [0, 0.1) is 5.82 Å². The van der Waals surface area contributed by atoms with Crippen LogP contribution in [-0.2, 0) is 4.79 Å². The Labute approximate surface area is 225 Å². The summed E-state index contributed by atoms with van der Waals surface area (Å²) in [6.07, 6.45) is 7.66. The van der Waals surface area contributed by atoms with Crippen LogP contribution in [-0.4, -0.2) is 63.5 Å². The maximum atomic E-state index is 15.2. The summed E-state index contributed by atoms with van der Waals surface area (Å²) in [6, 6.07) is 6.65. The molecule has 4 heterocycles. The van der Waals surface area contributed by atoms with E-state index in [-0.39, 0.29) is 35.5 Å². The number of anilines is 3. The average Bonchev–Trinajstić information content (AvgIpc) is 3.54. The van der Waals surface area contributed by atoms with Crippen LogP contribution >= 0.6 is 0 Å². The molecule has 1 aliphatic carbocycles. The van der Waals surface area contributed by atoms with Crippen molar-refractivity contribution in [2.45, 2.75) is 44.2 Å². The van der Waals surface area contributed by atoms with E-state index in [4.69, 9.17) is 4.98 Å². The van der Waals surface area contributed by atoms with Crippen molar-refractivity contribution < 1.29 is 14.0 Å². The average molecular weight is 531 g/mol. The maximum absolute atomic E-state index is 15.2. The fourth-order valence-electron chi connectivity index (χ4n) is 4.90. The first kappa shape index (κ1) is 25.1. The third kappa shape index (κ3) is 5.49. The first-order chi connectivity index (χ1) is 18.8. The number of piperidine rings is 1. The Kier molecular flexibility index (Phi) is 6.51. The topological polar surface area (TPSA) is 116 Å². The Hall–Kier alpha value is -4.25. The van der Waals surface area contributed by atoms with Gasteiger partial charge in [-0.15, -0.1) is 0 Å². The molecule has 0 unspecified atom stereocenters. The summed E-state index contributed by atoms with van der Waals surface area (Å²) in [4.78, 5) is 31.4. The Morgan fingerprint density at radius 1 is 1.18 bits per heavy atom. The zero-order valence-corrected chi connectivity index (χ0v) is 21.8. The van der Waals surface area contributed by atoms with Crippen molar-refractivity contribution in [3.63, 3.8) is 0 Å². The highest BCUT2D eigenvalue weighted by molar-refractivity contribution is 5.95. The van der Waals surface area contributed by atoms with Gasteiger partial charge in [-0.25, -0.2) is 9.37 Å². The molecule has 0 spiro atoms. The molecule has 1 saturated carbocycles. The molecule has 4 N–H and O–H groups in total. The lowest BCUT2D eigenvalue weighted by Crippen LogP contribution is -2.43. The van der Waals surface area contributed by atoms with E-state index in [1.54, 1.807) is 28.9 Å². The molecule has 3 fully saturated rings. The van der Waals surface area contributed by atoms with E-state index in [9.17, 15) is 9.59 Å². The van der Waals surface area contributed by atoms with Crippen LogP contribution in [0.15, 0.2) is 48.3 Å². The quantitative estimate of drug-likeness (QED) is 0.370. The number of halogens is 1. The number of hydrogen-bond acceptors (Lipinski definition) is 7. The van der Waals surface area contributed by atoms with Crippen LogP contribution in [0.25, 0.3) is 11.7 Å². The van der Waals surface area contributed by atoms with Gasteiger partial charge in [0.25, 0.3) is 5.91 Å². The van der Waals surface area contributed by atoms with Crippen molar-refractivity contribution >= 4 is 40.9 Å². The van der Waals surface area contributed by atoms with Crippen LogP contribution in [0.3, 0.4) is 0 Å². The van der Waals surface area contributed by atoms with Gasteiger partial charge in [-0.1, -0.05) is 6.58 Å². The summed E-state index contributed by atoms with van der Waals surface area (Å²) in [5, 5.41) is 16.8. The van der Waals surface area contributed by atoms with E-state index in [1.807, 2.05) is 6.08 Å². The van der Waals surface area contributed by atoms with Gasteiger partial charge in [0.2, 0.25) is 5.91 Å². The normalized spacial score (nSPS) is 19.5. The van der Waals surface area contributed by atoms with E-state index in [1.165, 1.54) is 6.07 Å². The predicted octanol–water partition coefficient (Wildman–Crippen LogP) is 3.43. The molecule has 0 bridgehead atoms. The van der Waals surface area contributed by atoms with Crippen molar-refractivity contribution in [3.8, 4) is 0 Å². The van der Waals surface area contributed by atoms with E-state index < -0.39 is 5.82 Å². The summed E-state index contributed by atoms with van der Waals surface area (Å²) in [6.45, 7) is 5.76. The van der Waals surface area contributed by atoms with E-state index in [2.05, 4.69) is 44.9 Å². The number of rotatable bonds is 7. The standard InChI is InChI=1S/C28H31FN8O2/c1-16-18(13-26(38)31-16)11-19-15-30-37-25(32-20-4-5-20)14-24(35-27(19)37)34-23-6-3-17(12-22(23)29)28(39)33-21-7-9-36(2)10-8-21/h3,6,11-12,14-15,20-21,32H,1,4-5,7-10,13H2,2H3,(H,31,38)(H,33,39)(H,34,35)/b18-11+. The van der Waals surface area contributed by atoms with E-state index >= 15 is 4.39 Å². The zero-order valence-electron chi connectivity index (χ0n) is 21.8. The number of carbonyl (C=O) groups is 2. The molecule has 2 aliphatic heterocycles. The Bertz CT molecular complexity index is 1500. The van der Waals surface area contributed by atoms with E-state index in [0.717, 1.165) is 50.2 Å². The first-order valence-electron chi connectivity index (χ1n) is 13.2. The highest BCUT2D eigenvalue weighted by Gasteiger charge is 2.24. The van der Waals surface area contributed by atoms with Crippen molar-refractivity contribution in [2.75, 3.05) is 30.8 Å². The second kappa shape index (κ2) is 10.1. The molecule has 2 aromatic heterocycles. The SMILES string of the molecule is C=C1NC(=O)C/C1=C\c1cnn2c(NC3CC3)cc(Nc3ccc(C(=O)NC4CCN(C)CC4)cc3F)nc12. The van der Waals surface area contributed by atoms with Gasteiger partial charge < -0.3 is 26.2 Å². The number of fused-ring (bicyclic) bond motifs is 1. The molecular formula is C28H31FN8O2. The number of nitrogens with one attached hydrogen (secondary N) is 4. The number of amides is 2. The van der Waals surface area contributed by atoms with Crippen molar-refractivity contribution in [1.82, 2.24) is 30.1 Å². The summed E-state index contributed by atoms with van der Waals surface area (Å²) in [5.41, 5.74) is 3.09. The summed E-state index contributed by atoms with van der Waals surface area (Å²) in [5.74, 6) is 0.223. The molecule has 39 heavy (non-hydrogen) atoms. The van der Waals surface area contributed by atoms with Crippen molar-refractivity contribution in [2.24, 2.45) is 0 Å². The molecule has 0 radical (unpaired) electrons. The molecule has 202 valence electrons. The fraction of sp³-hybridized carbons (Fsp3) is 0.357. The minimum atomic E-state index is -0.549. The van der Waals surface area contributed by atoms with Crippen molar-refractivity contribution in [1.29, 1.82) is 0 Å². The largest absolute Gasteiger partial charge is 0.367 e. The van der Waals surface area contributed by atoms with Gasteiger partial charge in [0.1, 0.15) is 17.5 Å². The molecule has 1 aromatic carbocycles. The lowest BCUT2D eigenvalue weighted by Gasteiger charge is -2.29. The molecule has 0 atom stereocenters. The number of hydrogen-bond donors (Lipinski definition) is 4. The van der Waals surface area contributed by atoms with Gasteiger partial charge >= 0.3 is 0 Å². The zero-order chi connectivity index (χ0) is 27.1. The molecule has 2 saturated heterocycles. The van der Waals surface area contributed by atoms with Crippen LogP contribution in [0.4, 0.5) is 21.7 Å². The van der Waals surface area contributed by atoms with Gasteiger partial charge in [0.05, 0.1) is 18.3 Å². The summed E-state index contributed by atoms with van der Waals surface area (Å²) >= 11 is 0. The highest BCUT2D eigenvalue weighted by atomic mass is 19.1. The lowest BCUT2D eigenvalue weighted by atomic mass is 10.0. The highest BCUT2D eigenvalue weighted by Crippen LogP contribution is 2.30. The van der Waals surface area contributed by atoms with Crippen LogP contribution < -0.4 is 21.3 Å². The number of nitrogens with zero attached hydrogens (tertiary/aromatic N) is 4. The van der Waals surface area contributed by atoms with Crippen LogP contribution in [0.1, 0.15) is 48.0 Å². The Balaban J connectivity index is 1.25. The monoisotopic (exact) mass is 530 g/mol. The summed E-state index contributed by atoms with van der Waals surface area (Å²) < 4.78 is 16.9. The second-order valence-corrected chi connectivity index (χ2v) is 10.5. The Morgan fingerprint density at radius 3 is 2.67 bits per heavy atom. The molecule has 6 rings (SSSR count). The number of benzene rings is 1. The summed E-state index contributed by atoms with van der Waals surface area (Å²) in [7, 11) is 2.06. The lowest BCUT2D eigenvalue weighted by molar-refractivity contribution is -0.118. The minimum absolute atomic E-state index is 0.0954. The molecule has 11 heteroatoms. The number of likely N-dealkylation sites (tertiary alicyclic amines) is 1.